The summed E-state index contributed by atoms with van der Waals surface area (Å²) in [5.41, 5.74) is 0.0525. The fraction of sp³-hybridized carbons (Fsp3) is 0.0667. The first kappa shape index (κ1) is 15.0. The largest absolute Gasteiger partial charge is 0.508 e. The van der Waals surface area contributed by atoms with Gasteiger partial charge in [-0.25, -0.2) is 9.18 Å². The summed E-state index contributed by atoms with van der Waals surface area (Å²) in [5, 5.41) is 18.0. The molecule has 6 heteroatoms. The number of phenols is 1. The van der Waals surface area contributed by atoms with Gasteiger partial charge in [0.05, 0.1) is 10.6 Å². The highest BCUT2D eigenvalue weighted by atomic mass is 35.5. The lowest BCUT2D eigenvalue weighted by Gasteiger charge is -2.06. The Morgan fingerprint density at radius 3 is 2.43 bits per heavy atom. The van der Waals surface area contributed by atoms with E-state index in [1.165, 1.54) is 30.3 Å². The summed E-state index contributed by atoms with van der Waals surface area (Å²) in [7, 11) is 0. The Bertz CT molecular complexity index is 728. The second-order valence-corrected chi connectivity index (χ2v) is 4.78. The summed E-state index contributed by atoms with van der Waals surface area (Å²) >= 11 is 5.84. The molecule has 0 atom stereocenters. The van der Waals surface area contributed by atoms with Crippen molar-refractivity contribution in [3.8, 4) is 5.75 Å². The molecule has 0 unspecified atom stereocenters. The molecular formula is C15H10ClFO4. The van der Waals surface area contributed by atoms with Gasteiger partial charge in [-0.1, -0.05) is 17.7 Å². The van der Waals surface area contributed by atoms with Crippen LogP contribution < -0.4 is 0 Å². The topological polar surface area (TPSA) is 74.6 Å². The number of benzene rings is 2. The Morgan fingerprint density at radius 2 is 1.86 bits per heavy atom. The second kappa shape index (κ2) is 5.93. The monoisotopic (exact) mass is 308 g/mol. The number of phenolic OH excluding ortho intramolecular Hbond substituents is 1. The maximum Gasteiger partial charge on any atom is 0.335 e. The predicted molar refractivity (Wildman–Crippen MR) is 74.5 cm³/mol. The number of carboxylic acid groups (broad SMARTS) is 1. The average molecular weight is 309 g/mol. The summed E-state index contributed by atoms with van der Waals surface area (Å²) < 4.78 is 13.8. The molecule has 0 heterocycles. The molecule has 2 rings (SSSR count). The fourth-order valence-electron chi connectivity index (χ4n) is 1.82. The Morgan fingerprint density at radius 1 is 1.14 bits per heavy atom. The summed E-state index contributed by atoms with van der Waals surface area (Å²) in [6.45, 7) is 0. The molecule has 0 saturated carbocycles. The molecule has 0 saturated heterocycles. The van der Waals surface area contributed by atoms with Crippen molar-refractivity contribution in [1.29, 1.82) is 0 Å². The zero-order valence-electron chi connectivity index (χ0n) is 10.6. The number of carboxylic acids is 1. The van der Waals surface area contributed by atoms with Crippen molar-refractivity contribution in [3.63, 3.8) is 0 Å². The highest BCUT2D eigenvalue weighted by Crippen LogP contribution is 2.23. The minimum absolute atomic E-state index is 0.0718. The van der Waals surface area contributed by atoms with Gasteiger partial charge in [0.25, 0.3) is 0 Å². The van der Waals surface area contributed by atoms with Crippen LogP contribution in [-0.2, 0) is 6.42 Å². The fourth-order valence-corrected chi connectivity index (χ4v) is 2.10. The molecule has 0 aromatic heterocycles. The quantitative estimate of drug-likeness (QED) is 0.850. The number of Topliss-reactive ketones (excluding diaryl/α,β-unsaturated/α-hetero) is 1. The van der Waals surface area contributed by atoms with E-state index in [0.29, 0.717) is 0 Å². The van der Waals surface area contributed by atoms with Crippen molar-refractivity contribution in [3.05, 3.63) is 63.9 Å². The van der Waals surface area contributed by atoms with E-state index in [4.69, 9.17) is 16.7 Å². The Labute approximate surface area is 124 Å². The van der Waals surface area contributed by atoms with E-state index in [0.717, 1.165) is 6.07 Å². The maximum atomic E-state index is 13.8. The lowest BCUT2D eigenvalue weighted by molar-refractivity contribution is 0.0696. The third-order valence-electron chi connectivity index (χ3n) is 2.90. The zero-order valence-corrected chi connectivity index (χ0v) is 11.4. The van der Waals surface area contributed by atoms with Crippen molar-refractivity contribution >= 4 is 23.4 Å². The van der Waals surface area contributed by atoms with E-state index >= 15 is 0 Å². The molecule has 0 fully saturated rings. The Kier molecular flexibility index (Phi) is 4.23. The summed E-state index contributed by atoms with van der Waals surface area (Å²) in [6, 6.07) is 7.23. The van der Waals surface area contributed by atoms with Crippen molar-refractivity contribution < 1.29 is 24.2 Å². The smallest absolute Gasteiger partial charge is 0.335 e. The van der Waals surface area contributed by atoms with Crippen LogP contribution in [0, 0.1) is 5.82 Å². The maximum absolute atomic E-state index is 13.8. The van der Waals surface area contributed by atoms with Crippen LogP contribution in [0.3, 0.4) is 0 Å². The molecule has 21 heavy (non-hydrogen) atoms. The molecule has 0 aliphatic heterocycles. The van der Waals surface area contributed by atoms with Crippen LogP contribution in [-0.4, -0.2) is 22.0 Å². The van der Waals surface area contributed by atoms with Gasteiger partial charge in [0, 0.05) is 12.0 Å². The van der Waals surface area contributed by atoms with Crippen LogP contribution in [0.5, 0.6) is 5.75 Å². The predicted octanol–water partition coefficient (Wildman–Crippen LogP) is 3.31. The standard InChI is InChI=1S/C15H10ClFO4/c16-12-7-10(18)3-4-11(12)14(19)6-8-1-2-9(15(20)21)5-13(8)17/h1-5,7,18H,6H2,(H,20,21). The Hall–Kier alpha value is -2.40. The molecule has 0 amide bonds. The first-order chi connectivity index (χ1) is 9.88. The molecule has 108 valence electrons. The molecule has 0 radical (unpaired) electrons. The van der Waals surface area contributed by atoms with Crippen LogP contribution in [0.25, 0.3) is 0 Å². The van der Waals surface area contributed by atoms with Gasteiger partial charge < -0.3 is 10.2 Å². The molecule has 0 bridgehead atoms. The molecule has 0 spiro atoms. The number of carbonyl (C=O) groups is 2. The summed E-state index contributed by atoms with van der Waals surface area (Å²) in [4.78, 5) is 22.8. The number of aromatic carboxylic acids is 1. The van der Waals surface area contributed by atoms with Crippen molar-refractivity contribution in [2.75, 3.05) is 0 Å². The second-order valence-electron chi connectivity index (χ2n) is 4.38. The van der Waals surface area contributed by atoms with Crippen LogP contribution >= 0.6 is 11.6 Å². The highest BCUT2D eigenvalue weighted by molar-refractivity contribution is 6.34. The van der Waals surface area contributed by atoms with E-state index < -0.39 is 17.6 Å². The van der Waals surface area contributed by atoms with Crippen LogP contribution in [0.15, 0.2) is 36.4 Å². The number of hydrogen-bond acceptors (Lipinski definition) is 3. The first-order valence-electron chi connectivity index (χ1n) is 5.92. The van der Waals surface area contributed by atoms with Gasteiger partial charge in [-0.3, -0.25) is 4.79 Å². The molecule has 4 nitrogen and oxygen atoms in total. The van der Waals surface area contributed by atoms with Gasteiger partial charge in [0.2, 0.25) is 0 Å². The van der Waals surface area contributed by atoms with Crippen LogP contribution in [0.2, 0.25) is 5.02 Å². The van der Waals surface area contributed by atoms with Crippen molar-refractivity contribution in [1.82, 2.24) is 0 Å². The number of ketones is 1. The average Bonchev–Trinajstić information content (AvgIpc) is 2.40. The number of aromatic hydroxyl groups is 1. The van der Waals surface area contributed by atoms with Gasteiger partial charge in [-0.15, -0.1) is 0 Å². The van der Waals surface area contributed by atoms with Gasteiger partial charge in [-0.2, -0.15) is 0 Å². The SMILES string of the molecule is O=C(O)c1ccc(CC(=O)c2ccc(O)cc2Cl)c(F)c1. The van der Waals surface area contributed by atoms with E-state index in [1.54, 1.807) is 0 Å². The van der Waals surface area contributed by atoms with Gasteiger partial charge >= 0.3 is 5.97 Å². The summed E-state index contributed by atoms with van der Waals surface area (Å²) in [6.07, 6.45) is -0.254. The molecule has 2 aromatic carbocycles. The highest BCUT2D eigenvalue weighted by Gasteiger charge is 2.15. The van der Waals surface area contributed by atoms with Gasteiger partial charge in [-0.05, 0) is 35.9 Å². The molecule has 0 aliphatic carbocycles. The minimum atomic E-state index is -1.24. The van der Waals surface area contributed by atoms with E-state index in [2.05, 4.69) is 0 Å². The number of carbonyl (C=O) groups excluding carboxylic acids is 1. The van der Waals surface area contributed by atoms with Gasteiger partial charge in [0.15, 0.2) is 5.78 Å². The van der Waals surface area contributed by atoms with E-state index in [-0.39, 0.29) is 33.9 Å². The van der Waals surface area contributed by atoms with E-state index in [9.17, 15) is 19.1 Å². The lowest BCUT2D eigenvalue weighted by Crippen LogP contribution is -2.07. The molecular weight excluding hydrogens is 299 g/mol. The van der Waals surface area contributed by atoms with Gasteiger partial charge in [0.1, 0.15) is 11.6 Å². The summed E-state index contributed by atoms with van der Waals surface area (Å²) in [5.74, 6) is -2.51. The van der Waals surface area contributed by atoms with Crippen LogP contribution in [0.1, 0.15) is 26.3 Å². The number of rotatable bonds is 4. The normalized spacial score (nSPS) is 10.4. The molecule has 0 aliphatic rings. The zero-order chi connectivity index (χ0) is 15.6. The number of hydrogen-bond donors (Lipinski definition) is 2. The molecule has 2 aromatic rings. The Balaban J connectivity index is 2.25. The van der Waals surface area contributed by atoms with Crippen molar-refractivity contribution in [2.45, 2.75) is 6.42 Å². The van der Waals surface area contributed by atoms with E-state index in [1.807, 2.05) is 0 Å². The molecule has 2 N–H and O–H groups in total. The van der Waals surface area contributed by atoms with Crippen LogP contribution in [0.4, 0.5) is 4.39 Å². The third-order valence-corrected chi connectivity index (χ3v) is 3.22. The third kappa shape index (κ3) is 3.38. The van der Waals surface area contributed by atoms with Crippen molar-refractivity contribution in [2.24, 2.45) is 0 Å². The number of halogens is 2. The lowest BCUT2D eigenvalue weighted by atomic mass is 10.0. The minimum Gasteiger partial charge on any atom is -0.508 e. The first-order valence-corrected chi connectivity index (χ1v) is 6.29.